The number of nitrogens with one attached hydrogen (secondary N) is 1. The minimum absolute atomic E-state index is 0.00430. The average Bonchev–Trinajstić information content (AvgIpc) is 2.92. The summed E-state index contributed by atoms with van der Waals surface area (Å²) in [4.78, 5) is 6.88. The largest absolute Gasteiger partial charge is 0.300 e. The fourth-order valence-corrected chi connectivity index (χ4v) is 4.24. The van der Waals surface area contributed by atoms with Gasteiger partial charge in [0.2, 0.25) is 10.0 Å². The van der Waals surface area contributed by atoms with E-state index in [0.717, 1.165) is 4.88 Å². The Kier molecular flexibility index (Phi) is 5.34. The van der Waals surface area contributed by atoms with E-state index in [2.05, 4.69) is 9.71 Å². The molecule has 0 saturated heterocycles. The molecule has 0 spiro atoms. The number of hydrogen-bond donors (Lipinski definition) is 1. The third-order valence-electron chi connectivity index (χ3n) is 2.99. The first-order valence-corrected chi connectivity index (χ1v) is 8.95. The molecule has 2 aromatic rings. The van der Waals surface area contributed by atoms with Crippen LogP contribution in [0.1, 0.15) is 10.9 Å². The molecule has 0 fully saturated rings. The van der Waals surface area contributed by atoms with Crippen molar-refractivity contribution in [3.63, 3.8) is 0 Å². The minimum Gasteiger partial charge on any atom is -0.300 e. The van der Waals surface area contributed by atoms with Gasteiger partial charge in [-0.3, -0.25) is 4.98 Å². The molecule has 2 rings (SSSR count). The molecular formula is C13H16ClN3O2S2. The zero-order valence-corrected chi connectivity index (χ0v) is 14.0. The summed E-state index contributed by atoms with van der Waals surface area (Å²) in [6.07, 6.45) is 2.70. The molecule has 5 nitrogen and oxygen atoms in total. The highest BCUT2D eigenvalue weighted by atomic mass is 35.5. The third-order valence-corrected chi connectivity index (χ3v) is 5.85. The zero-order valence-electron chi connectivity index (χ0n) is 11.7. The molecule has 1 N–H and O–H groups in total. The average molecular weight is 346 g/mol. The molecule has 1 unspecified atom stereocenters. The Balaban J connectivity index is 2.16. The van der Waals surface area contributed by atoms with Crippen LogP contribution in [0.5, 0.6) is 0 Å². The Morgan fingerprint density at radius 3 is 2.76 bits per heavy atom. The first kappa shape index (κ1) is 16.4. The van der Waals surface area contributed by atoms with E-state index in [9.17, 15) is 8.42 Å². The lowest BCUT2D eigenvalue weighted by atomic mass is 10.2. The number of halogens is 1. The maximum Gasteiger partial charge on any atom is 0.243 e. The van der Waals surface area contributed by atoms with Crippen LogP contribution >= 0.6 is 22.9 Å². The normalized spacial score (nSPS) is 13.5. The van der Waals surface area contributed by atoms with Crippen molar-refractivity contribution < 1.29 is 8.42 Å². The van der Waals surface area contributed by atoms with E-state index < -0.39 is 10.0 Å². The summed E-state index contributed by atoms with van der Waals surface area (Å²) in [6.45, 7) is 0.265. The Bertz CT molecular complexity index is 687. The van der Waals surface area contributed by atoms with Gasteiger partial charge in [-0.05, 0) is 31.6 Å². The van der Waals surface area contributed by atoms with Crippen molar-refractivity contribution in [2.75, 3.05) is 20.6 Å². The summed E-state index contributed by atoms with van der Waals surface area (Å²) >= 11 is 7.51. The molecule has 114 valence electrons. The maximum absolute atomic E-state index is 12.3. The van der Waals surface area contributed by atoms with Gasteiger partial charge in [-0.1, -0.05) is 17.7 Å². The van der Waals surface area contributed by atoms with Crippen molar-refractivity contribution in [3.05, 3.63) is 45.9 Å². The molecule has 0 aliphatic carbocycles. The summed E-state index contributed by atoms with van der Waals surface area (Å²) in [5, 5.41) is 2.13. The summed E-state index contributed by atoms with van der Waals surface area (Å²) in [6, 6.07) is 5.36. The fraction of sp³-hybridized carbons (Fsp3) is 0.308. The molecule has 0 aliphatic heterocycles. The second-order valence-corrected chi connectivity index (χ2v) is 7.77. The van der Waals surface area contributed by atoms with E-state index in [-0.39, 0.29) is 22.5 Å². The molecule has 0 amide bonds. The van der Waals surface area contributed by atoms with Crippen LogP contribution in [-0.2, 0) is 10.0 Å². The predicted molar refractivity (Wildman–Crippen MR) is 85.2 cm³/mol. The molecule has 2 aromatic heterocycles. The molecule has 0 bridgehead atoms. The quantitative estimate of drug-likeness (QED) is 0.873. The summed E-state index contributed by atoms with van der Waals surface area (Å²) in [7, 11) is 0.148. The van der Waals surface area contributed by atoms with Gasteiger partial charge in [0.1, 0.15) is 4.90 Å². The Morgan fingerprint density at radius 1 is 1.43 bits per heavy atom. The van der Waals surface area contributed by atoms with Crippen LogP contribution in [0, 0.1) is 0 Å². The van der Waals surface area contributed by atoms with E-state index >= 15 is 0 Å². The van der Waals surface area contributed by atoms with Crippen molar-refractivity contribution in [3.8, 4) is 0 Å². The minimum atomic E-state index is -3.68. The molecule has 0 aliphatic rings. The highest BCUT2D eigenvalue weighted by Crippen LogP contribution is 2.24. The molecule has 0 radical (unpaired) electrons. The lowest BCUT2D eigenvalue weighted by molar-refractivity contribution is 0.303. The number of pyridine rings is 1. The van der Waals surface area contributed by atoms with Crippen molar-refractivity contribution in [1.29, 1.82) is 0 Å². The van der Waals surface area contributed by atoms with Crippen LogP contribution in [0.15, 0.2) is 40.9 Å². The fourth-order valence-electron chi connectivity index (χ4n) is 1.85. The number of aromatic nitrogens is 1. The molecular weight excluding hydrogens is 330 g/mol. The van der Waals surface area contributed by atoms with Gasteiger partial charge in [0.05, 0.1) is 11.1 Å². The molecule has 0 saturated carbocycles. The second kappa shape index (κ2) is 6.85. The van der Waals surface area contributed by atoms with Gasteiger partial charge < -0.3 is 4.90 Å². The van der Waals surface area contributed by atoms with Gasteiger partial charge in [0.25, 0.3) is 0 Å². The predicted octanol–water partition coefficient (Wildman–Crippen LogP) is 2.38. The van der Waals surface area contributed by atoms with Gasteiger partial charge in [-0.15, -0.1) is 11.3 Å². The highest BCUT2D eigenvalue weighted by molar-refractivity contribution is 7.89. The lowest BCUT2D eigenvalue weighted by Gasteiger charge is -2.23. The van der Waals surface area contributed by atoms with Crippen molar-refractivity contribution in [2.45, 2.75) is 10.9 Å². The SMILES string of the molecule is CN(C)C(CNS(=O)(=O)c1cnccc1Cl)c1cccs1. The van der Waals surface area contributed by atoms with E-state index in [1.165, 1.54) is 18.5 Å². The van der Waals surface area contributed by atoms with Gasteiger partial charge in [0.15, 0.2) is 0 Å². The van der Waals surface area contributed by atoms with E-state index in [1.54, 1.807) is 11.3 Å². The van der Waals surface area contributed by atoms with Gasteiger partial charge in [-0.2, -0.15) is 0 Å². The third kappa shape index (κ3) is 4.02. The second-order valence-electron chi connectivity index (χ2n) is 4.65. The maximum atomic E-state index is 12.3. The van der Waals surface area contributed by atoms with E-state index in [0.29, 0.717) is 0 Å². The Labute approximate surface area is 133 Å². The van der Waals surface area contributed by atoms with Crippen LogP contribution in [-0.4, -0.2) is 38.9 Å². The number of nitrogens with zero attached hydrogens (tertiary/aromatic N) is 2. The molecule has 21 heavy (non-hydrogen) atoms. The van der Waals surface area contributed by atoms with E-state index in [1.807, 2.05) is 36.5 Å². The molecule has 2 heterocycles. The van der Waals surface area contributed by atoms with Crippen LogP contribution in [0.25, 0.3) is 0 Å². The Hall–Kier alpha value is -0.990. The smallest absolute Gasteiger partial charge is 0.243 e. The van der Waals surface area contributed by atoms with Gasteiger partial charge in [-0.25, -0.2) is 13.1 Å². The summed E-state index contributed by atoms with van der Waals surface area (Å²) < 4.78 is 27.2. The molecule has 1 atom stereocenters. The van der Waals surface area contributed by atoms with Crippen LogP contribution in [0.2, 0.25) is 5.02 Å². The van der Waals surface area contributed by atoms with Crippen molar-refractivity contribution in [1.82, 2.24) is 14.6 Å². The van der Waals surface area contributed by atoms with Gasteiger partial charge >= 0.3 is 0 Å². The molecule has 0 aromatic carbocycles. The first-order chi connectivity index (χ1) is 9.92. The standard InChI is InChI=1S/C13H16ClN3O2S2/c1-17(2)11(12-4-3-7-20-12)8-16-21(18,19)13-9-15-6-5-10(13)14/h3-7,9,11,16H,8H2,1-2H3. The monoisotopic (exact) mass is 345 g/mol. The van der Waals surface area contributed by atoms with Gasteiger partial charge in [0, 0.05) is 23.8 Å². The Morgan fingerprint density at radius 2 is 2.19 bits per heavy atom. The number of thiophene rings is 1. The number of sulfonamides is 1. The number of rotatable bonds is 6. The van der Waals surface area contributed by atoms with Crippen molar-refractivity contribution in [2.24, 2.45) is 0 Å². The van der Waals surface area contributed by atoms with Crippen LogP contribution in [0.4, 0.5) is 0 Å². The number of likely N-dealkylation sites (N-methyl/N-ethyl adjacent to an activating group) is 1. The number of hydrogen-bond acceptors (Lipinski definition) is 5. The summed E-state index contributed by atoms with van der Waals surface area (Å²) in [5.41, 5.74) is 0. The van der Waals surface area contributed by atoms with Crippen LogP contribution < -0.4 is 4.72 Å². The van der Waals surface area contributed by atoms with E-state index in [4.69, 9.17) is 11.6 Å². The highest BCUT2D eigenvalue weighted by Gasteiger charge is 2.22. The van der Waals surface area contributed by atoms with Crippen molar-refractivity contribution >= 4 is 33.0 Å². The summed E-state index contributed by atoms with van der Waals surface area (Å²) in [5.74, 6) is 0. The molecule has 8 heteroatoms. The topological polar surface area (TPSA) is 62.3 Å². The zero-order chi connectivity index (χ0) is 15.5. The van der Waals surface area contributed by atoms with Crippen LogP contribution in [0.3, 0.4) is 0 Å². The lowest BCUT2D eigenvalue weighted by Crippen LogP contribution is -2.34. The first-order valence-electron chi connectivity index (χ1n) is 6.21.